The maximum Gasteiger partial charge on any atom is 0.307 e. The summed E-state index contributed by atoms with van der Waals surface area (Å²) in [6.07, 6.45) is 1.96. The van der Waals surface area contributed by atoms with Crippen LogP contribution >= 0.6 is 0 Å². The van der Waals surface area contributed by atoms with E-state index < -0.39 is 0 Å². The number of nitrogens with zero attached hydrogens (tertiary/aromatic N) is 1. The number of ether oxygens (including phenoxy) is 1. The molecule has 0 saturated heterocycles. The topological polar surface area (TPSA) is 89.3 Å². The number of hydrazine groups is 1. The molecule has 0 aliphatic heterocycles. The van der Waals surface area contributed by atoms with E-state index in [0.29, 0.717) is 25.4 Å². The lowest BCUT2D eigenvalue weighted by atomic mass is 10.3. The maximum absolute atomic E-state index is 11.0. The second kappa shape index (κ2) is 6.62. The van der Waals surface area contributed by atoms with Crippen LogP contribution in [0.4, 0.5) is 11.5 Å². The van der Waals surface area contributed by atoms with Crippen molar-refractivity contribution in [2.75, 3.05) is 23.9 Å². The Morgan fingerprint density at radius 3 is 3.12 bits per heavy atom. The number of nitrogens with one attached hydrogen (secondary N) is 2. The average molecular weight is 224 g/mol. The lowest BCUT2D eigenvalue weighted by Gasteiger charge is -2.07. The predicted molar refractivity (Wildman–Crippen MR) is 61.8 cm³/mol. The van der Waals surface area contributed by atoms with Crippen molar-refractivity contribution in [3.8, 4) is 0 Å². The third kappa shape index (κ3) is 4.14. The van der Waals surface area contributed by atoms with Crippen LogP contribution in [0, 0.1) is 0 Å². The molecule has 0 spiro atoms. The van der Waals surface area contributed by atoms with Gasteiger partial charge in [0.25, 0.3) is 0 Å². The van der Waals surface area contributed by atoms with Gasteiger partial charge in [-0.05, 0) is 13.0 Å². The number of aromatic nitrogens is 1. The van der Waals surface area contributed by atoms with Gasteiger partial charge in [-0.3, -0.25) is 4.79 Å². The van der Waals surface area contributed by atoms with Gasteiger partial charge in [0.2, 0.25) is 0 Å². The summed E-state index contributed by atoms with van der Waals surface area (Å²) in [7, 11) is 0. The lowest BCUT2D eigenvalue weighted by molar-refractivity contribution is -0.142. The fraction of sp³-hybridized carbons (Fsp3) is 0.400. The largest absolute Gasteiger partial charge is 0.466 e. The SMILES string of the molecule is CCOC(=O)CCNc1ccnc(NN)c1. The van der Waals surface area contributed by atoms with Crippen molar-refractivity contribution in [2.45, 2.75) is 13.3 Å². The van der Waals surface area contributed by atoms with Crippen molar-refractivity contribution in [2.24, 2.45) is 5.84 Å². The zero-order chi connectivity index (χ0) is 11.8. The summed E-state index contributed by atoms with van der Waals surface area (Å²) in [6, 6.07) is 3.55. The fourth-order valence-corrected chi connectivity index (χ4v) is 1.16. The Balaban J connectivity index is 2.34. The van der Waals surface area contributed by atoms with Crippen LogP contribution in [0.3, 0.4) is 0 Å². The van der Waals surface area contributed by atoms with Gasteiger partial charge in [-0.25, -0.2) is 10.8 Å². The molecular formula is C10H16N4O2. The summed E-state index contributed by atoms with van der Waals surface area (Å²) in [6.45, 7) is 2.72. The number of carbonyl (C=O) groups is 1. The summed E-state index contributed by atoms with van der Waals surface area (Å²) in [5.41, 5.74) is 3.30. The minimum absolute atomic E-state index is 0.207. The van der Waals surface area contributed by atoms with Gasteiger partial charge in [-0.2, -0.15) is 0 Å². The monoisotopic (exact) mass is 224 g/mol. The number of rotatable bonds is 6. The van der Waals surface area contributed by atoms with E-state index in [0.717, 1.165) is 5.69 Å². The molecule has 6 nitrogen and oxygen atoms in total. The smallest absolute Gasteiger partial charge is 0.307 e. The second-order valence-corrected chi connectivity index (χ2v) is 3.06. The van der Waals surface area contributed by atoms with Crippen LogP contribution in [0.2, 0.25) is 0 Å². The van der Waals surface area contributed by atoms with Crippen LogP contribution in [0.15, 0.2) is 18.3 Å². The molecule has 0 unspecified atom stereocenters. The lowest BCUT2D eigenvalue weighted by Crippen LogP contribution is -2.12. The Labute approximate surface area is 94.2 Å². The van der Waals surface area contributed by atoms with Crippen molar-refractivity contribution in [3.63, 3.8) is 0 Å². The molecule has 0 radical (unpaired) electrons. The number of anilines is 2. The molecule has 0 aliphatic carbocycles. The zero-order valence-electron chi connectivity index (χ0n) is 9.19. The zero-order valence-corrected chi connectivity index (χ0v) is 9.19. The van der Waals surface area contributed by atoms with Crippen molar-refractivity contribution in [1.29, 1.82) is 0 Å². The minimum Gasteiger partial charge on any atom is -0.466 e. The van der Waals surface area contributed by atoms with Gasteiger partial charge in [-0.1, -0.05) is 0 Å². The number of nitrogen functional groups attached to an aromatic ring is 1. The molecule has 1 aromatic rings. The van der Waals surface area contributed by atoms with Gasteiger partial charge in [0.05, 0.1) is 13.0 Å². The van der Waals surface area contributed by atoms with Gasteiger partial charge < -0.3 is 15.5 Å². The van der Waals surface area contributed by atoms with Gasteiger partial charge >= 0.3 is 5.97 Å². The predicted octanol–water partition coefficient (Wildman–Crippen LogP) is 0.732. The molecular weight excluding hydrogens is 208 g/mol. The number of hydrogen-bond donors (Lipinski definition) is 3. The summed E-state index contributed by atoms with van der Waals surface area (Å²) < 4.78 is 4.80. The first-order chi connectivity index (χ1) is 7.76. The molecule has 1 aromatic heterocycles. The molecule has 1 rings (SSSR count). The average Bonchev–Trinajstić information content (AvgIpc) is 2.30. The highest BCUT2D eigenvalue weighted by Crippen LogP contribution is 2.10. The number of carbonyl (C=O) groups excluding carboxylic acids is 1. The first kappa shape index (κ1) is 12.3. The highest BCUT2D eigenvalue weighted by Gasteiger charge is 2.01. The van der Waals surface area contributed by atoms with Gasteiger partial charge in [0.1, 0.15) is 5.82 Å². The number of pyridine rings is 1. The number of nitrogens with two attached hydrogens (primary N) is 1. The Kier molecular flexibility index (Phi) is 5.07. The van der Waals surface area contributed by atoms with Crippen LogP contribution in [0.1, 0.15) is 13.3 Å². The molecule has 6 heteroatoms. The quantitative estimate of drug-likeness (QED) is 0.375. The summed E-state index contributed by atoms with van der Waals surface area (Å²) in [5, 5.41) is 3.07. The van der Waals surface area contributed by atoms with Crippen LogP contribution in [0.5, 0.6) is 0 Å². The van der Waals surface area contributed by atoms with Crippen LogP contribution in [-0.4, -0.2) is 24.1 Å². The number of esters is 1. The summed E-state index contributed by atoms with van der Waals surface area (Å²) >= 11 is 0. The first-order valence-corrected chi connectivity index (χ1v) is 5.08. The van der Waals surface area contributed by atoms with Gasteiger partial charge in [0.15, 0.2) is 0 Å². The summed E-state index contributed by atoms with van der Waals surface area (Å²) in [4.78, 5) is 15.0. The first-order valence-electron chi connectivity index (χ1n) is 5.08. The Morgan fingerprint density at radius 2 is 2.44 bits per heavy atom. The molecule has 88 valence electrons. The van der Waals surface area contributed by atoms with Crippen LogP contribution < -0.4 is 16.6 Å². The molecule has 4 N–H and O–H groups in total. The summed E-state index contributed by atoms with van der Waals surface area (Å²) in [5.74, 6) is 5.58. The van der Waals surface area contributed by atoms with E-state index in [1.54, 1.807) is 25.3 Å². The molecule has 0 bridgehead atoms. The molecule has 0 atom stereocenters. The molecule has 0 aliphatic rings. The van der Waals surface area contributed by atoms with Crippen molar-refractivity contribution in [1.82, 2.24) is 4.98 Å². The molecule has 1 heterocycles. The third-order valence-electron chi connectivity index (χ3n) is 1.87. The van der Waals surface area contributed by atoms with E-state index in [1.165, 1.54) is 0 Å². The fourth-order valence-electron chi connectivity index (χ4n) is 1.16. The van der Waals surface area contributed by atoms with Crippen molar-refractivity contribution < 1.29 is 9.53 Å². The van der Waals surface area contributed by atoms with Crippen LogP contribution in [-0.2, 0) is 9.53 Å². The van der Waals surface area contributed by atoms with Gasteiger partial charge in [-0.15, -0.1) is 0 Å². The molecule has 0 amide bonds. The third-order valence-corrected chi connectivity index (χ3v) is 1.87. The van der Waals surface area contributed by atoms with E-state index in [-0.39, 0.29) is 5.97 Å². The highest BCUT2D eigenvalue weighted by molar-refractivity contribution is 5.70. The van der Waals surface area contributed by atoms with E-state index in [9.17, 15) is 4.79 Å². The Bertz CT molecular complexity index is 343. The normalized spacial score (nSPS) is 9.62. The standard InChI is InChI=1S/C10H16N4O2/c1-2-16-10(15)4-6-12-8-3-5-13-9(7-8)14-11/h3,5,7H,2,4,6,11H2,1H3,(H2,12,13,14). The van der Waals surface area contributed by atoms with Crippen molar-refractivity contribution in [3.05, 3.63) is 18.3 Å². The molecule has 0 fully saturated rings. The van der Waals surface area contributed by atoms with E-state index in [2.05, 4.69) is 15.7 Å². The molecule has 0 saturated carbocycles. The minimum atomic E-state index is -0.207. The van der Waals surface area contributed by atoms with Crippen molar-refractivity contribution >= 4 is 17.5 Å². The Morgan fingerprint density at radius 1 is 1.62 bits per heavy atom. The molecule has 16 heavy (non-hydrogen) atoms. The maximum atomic E-state index is 11.0. The highest BCUT2D eigenvalue weighted by atomic mass is 16.5. The van der Waals surface area contributed by atoms with E-state index in [1.807, 2.05) is 0 Å². The number of hydrogen-bond acceptors (Lipinski definition) is 6. The van der Waals surface area contributed by atoms with Gasteiger partial charge in [0, 0.05) is 24.5 Å². The van der Waals surface area contributed by atoms with Crippen LogP contribution in [0.25, 0.3) is 0 Å². The van der Waals surface area contributed by atoms with E-state index >= 15 is 0 Å². The van der Waals surface area contributed by atoms with E-state index in [4.69, 9.17) is 10.6 Å². The molecule has 0 aromatic carbocycles. The second-order valence-electron chi connectivity index (χ2n) is 3.06. The Hall–Kier alpha value is -1.82.